The Bertz CT molecular complexity index is 562. The van der Waals surface area contributed by atoms with Crippen molar-refractivity contribution in [3.8, 4) is 0 Å². The number of amides is 1. The predicted octanol–water partition coefficient (Wildman–Crippen LogP) is 2.80. The molecule has 0 unspecified atom stereocenters. The largest absolute Gasteiger partial charge is 0.348 e. The molecule has 96 valence electrons. The first-order valence-corrected chi connectivity index (χ1v) is 6.16. The van der Waals surface area contributed by atoms with Crippen LogP contribution in [0.5, 0.6) is 0 Å². The van der Waals surface area contributed by atoms with E-state index < -0.39 is 0 Å². The Labute approximate surface area is 113 Å². The van der Waals surface area contributed by atoms with Crippen LogP contribution >= 0.6 is 0 Å². The summed E-state index contributed by atoms with van der Waals surface area (Å²) in [6, 6.07) is 13.6. The SMILES string of the molecule is C/C(=C\C(=O)NCc1ccncc1)c1ccccc1. The van der Waals surface area contributed by atoms with Gasteiger partial charge in [-0.25, -0.2) is 0 Å². The maximum absolute atomic E-state index is 11.8. The quantitative estimate of drug-likeness (QED) is 0.850. The molecule has 0 bridgehead atoms. The second kappa shape index (κ2) is 6.50. The van der Waals surface area contributed by atoms with Crippen LogP contribution in [0.15, 0.2) is 60.9 Å². The lowest BCUT2D eigenvalue weighted by molar-refractivity contribution is -0.116. The van der Waals surface area contributed by atoms with Gasteiger partial charge in [0.2, 0.25) is 5.91 Å². The maximum Gasteiger partial charge on any atom is 0.244 e. The van der Waals surface area contributed by atoms with Crippen LogP contribution < -0.4 is 5.32 Å². The van der Waals surface area contributed by atoms with Crippen LogP contribution in [0.1, 0.15) is 18.1 Å². The predicted molar refractivity (Wildman–Crippen MR) is 76.2 cm³/mol. The minimum atomic E-state index is -0.0850. The van der Waals surface area contributed by atoms with Crippen molar-refractivity contribution in [2.24, 2.45) is 0 Å². The fourth-order valence-electron chi connectivity index (χ4n) is 1.72. The van der Waals surface area contributed by atoms with Crippen LogP contribution in [0.2, 0.25) is 0 Å². The highest BCUT2D eigenvalue weighted by Crippen LogP contribution is 2.12. The normalized spacial score (nSPS) is 11.1. The van der Waals surface area contributed by atoms with E-state index >= 15 is 0 Å². The molecule has 0 atom stereocenters. The Balaban J connectivity index is 1.94. The van der Waals surface area contributed by atoms with Gasteiger partial charge in [0.15, 0.2) is 0 Å². The molecule has 1 amide bonds. The maximum atomic E-state index is 11.8. The fraction of sp³-hybridized carbons (Fsp3) is 0.125. The van der Waals surface area contributed by atoms with E-state index in [1.165, 1.54) is 0 Å². The number of carbonyl (C=O) groups is 1. The summed E-state index contributed by atoms with van der Waals surface area (Å²) in [6.45, 7) is 2.45. The van der Waals surface area contributed by atoms with Crippen molar-refractivity contribution in [3.63, 3.8) is 0 Å². The van der Waals surface area contributed by atoms with E-state index in [2.05, 4.69) is 10.3 Å². The molecule has 1 heterocycles. The molecule has 0 saturated heterocycles. The second-order valence-corrected chi connectivity index (χ2v) is 4.27. The summed E-state index contributed by atoms with van der Waals surface area (Å²) in [5.74, 6) is -0.0850. The van der Waals surface area contributed by atoms with Crippen molar-refractivity contribution in [3.05, 3.63) is 72.1 Å². The summed E-state index contributed by atoms with van der Waals surface area (Å²) in [4.78, 5) is 15.7. The van der Waals surface area contributed by atoms with Gasteiger partial charge in [0, 0.05) is 25.0 Å². The van der Waals surface area contributed by atoms with Crippen LogP contribution in [0.4, 0.5) is 0 Å². The van der Waals surface area contributed by atoms with Gasteiger partial charge in [0.25, 0.3) is 0 Å². The Kier molecular flexibility index (Phi) is 4.45. The van der Waals surface area contributed by atoms with Crippen molar-refractivity contribution in [1.82, 2.24) is 10.3 Å². The number of nitrogens with one attached hydrogen (secondary N) is 1. The summed E-state index contributed by atoms with van der Waals surface area (Å²) in [6.07, 6.45) is 5.05. The molecule has 0 saturated carbocycles. The first kappa shape index (κ1) is 13.0. The molecular weight excluding hydrogens is 236 g/mol. The lowest BCUT2D eigenvalue weighted by Crippen LogP contribution is -2.20. The summed E-state index contributed by atoms with van der Waals surface area (Å²) in [7, 11) is 0. The summed E-state index contributed by atoms with van der Waals surface area (Å²) in [5.41, 5.74) is 3.04. The van der Waals surface area contributed by atoms with E-state index in [9.17, 15) is 4.79 Å². The summed E-state index contributed by atoms with van der Waals surface area (Å²) < 4.78 is 0. The van der Waals surface area contributed by atoms with Crippen LogP contribution in [-0.2, 0) is 11.3 Å². The number of pyridine rings is 1. The Morgan fingerprint density at radius 3 is 2.53 bits per heavy atom. The smallest absolute Gasteiger partial charge is 0.244 e. The van der Waals surface area contributed by atoms with Gasteiger partial charge in [0.05, 0.1) is 0 Å². The molecule has 3 heteroatoms. The molecule has 1 aromatic carbocycles. The zero-order chi connectivity index (χ0) is 13.5. The van der Waals surface area contributed by atoms with Crippen molar-refractivity contribution in [2.45, 2.75) is 13.5 Å². The van der Waals surface area contributed by atoms with Crippen molar-refractivity contribution in [1.29, 1.82) is 0 Å². The van der Waals surface area contributed by atoms with Crippen LogP contribution in [0.25, 0.3) is 5.57 Å². The zero-order valence-electron chi connectivity index (χ0n) is 10.8. The molecule has 0 aliphatic heterocycles. The molecule has 0 aliphatic rings. The van der Waals surface area contributed by atoms with E-state index in [4.69, 9.17) is 0 Å². The average Bonchev–Trinajstić information content (AvgIpc) is 2.47. The second-order valence-electron chi connectivity index (χ2n) is 4.27. The molecule has 0 radical (unpaired) electrons. The number of hydrogen-bond donors (Lipinski definition) is 1. The molecule has 2 rings (SSSR count). The molecular formula is C16H16N2O. The Morgan fingerprint density at radius 1 is 1.16 bits per heavy atom. The van der Waals surface area contributed by atoms with Gasteiger partial charge in [-0.15, -0.1) is 0 Å². The minimum absolute atomic E-state index is 0.0850. The van der Waals surface area contributed by atoms with Gasteiger partial charge in [-0.2, -0.15) is 0 Å². The zero-order valence-corrected chi connectivity index (χ0v) is 10.8. The van der Waals surface area contributed by atoms with Crippen LogP contribution in [0, 0.1) is 0 Å². The van der Waals surface area contributed by atoms with Crippen molar-refractivity contribution < 1.29 is 4.79 Å². The van der Waals surface area contributed by atoms with E-state index in [0.29, 0.717) is 6.54 Å². The minimum Gasteiger partial charge on any atom is -0.348 e. The highest BCUT2D eigenvalue weighted by atomic mass is 16.1. The number of nitrogens with zero attached hydrogens (tertiary/aromatic N) is 1. The molecule has 3 nitrogen and oxygen atoms in total. The third kappa shape index (κ3) is 4.07. The number of hydrogen-bond acceptors (Lipinski definition) is 2. The first-order valence-electron chi connectivity index (χ1n) is 6.16. The summed E-state index contributed by atoms with van der Waals surface area (Å²) in [5, 5.41) is 2.86. The third-order valence-electron chi connectivity index (χ3n) is 2.79. The first-order chi connectivity index (χ1) is 9.25. The number of carbonyl (C=O) groups excluding carboxylic acids is 1. The van der Waals surface area contributed by atoms with Crippen LogP contribution in [-0.4, -0.2) is 10.9 Å². The van der Waals surface area contributed by atoms with Gasteiger partial charge >= 0.3 is 0 Å². The van der Waals surface area contributed by atoms with E-state index in [1.54, 1.807) is 18.5 Å². The number of benzene rings is 1. The standard InChI is InChI=1S/C16H16N2O/c1-13(15-5-3-2-4-6-15)11-16(19)18-12-14-7-9-17-10-8-14/h2-11H,12H2,1H3,(H,18,19)/b13-11+. The number of rotatable bonds is 4. The van der Waals surface area contributed by atoms with Crippen molar-refractivity contribution in [2.75, 3.05) is 0 Å². The molecule has 2 aromatic rings. The average molecular weight is 252 g/mol. The van der Waals surface area contributed by atoms with Gasteiger partial charge in [0.1, 0.15) is 0 Å². The highest BCUT2D eigenvalue weighted by molar-refractivity contribution is 5.94. The molecule has 0 aliphatic carbocycles. The van der Waals surface area contributed by atoms with Gasteiger partial charge < -0.3 is 5.32 Å². The van der Waals surface area contributed by atoms with Gasteiger partial charge in [-0.3, -0.25) is 9.78 Å². The third-order valence-corrected chi connectivity index (χ3v) is 2.79. The van der Waals surface area contributed by atoms with Crippen molar-refractivity contribution >= 4 is 11.5 Å². The molecule has 1 N–H and O–H groups in total. The topological polar surface area (TPSA) is 42.0 Å². The van der Waals surface area contributed by atoms with E-state index in [-0.39, 0.29) is 5.91 Å². The number of aromatic nitrogens is 1. The Hall–Kier alpha value is -2.42. The molecule has 0 fully saturated rings. The summed E-state index contributed by atoms with van der Waals surface area (Å²) >= 11 is 0. The molecule has 19 heavy (non-hydrogen) atoms. The lowest BCUT2D eigenvalue weighted by Gasteiger charge is -2.04. The Morgan fingerprint density at radius 2 is 1.84 bits per heavy atom. The van der Waals surface area contributed by atoms with Gasteiger partial charge in [-0.05, 0) is 35.8 Å². The molecule has 0 spiro atoms. The highest BCUT2D eigenvalue weighted by Gasteiger charge is 2.00. The monoisotopic (exact) mass is 252 g/mol. The van der Waals surface area contributed by atoms with Gasteiger partial charge in [-0.1, -0.05) is 30.3 Å². The fourth-order valence-corrected chi connectivity index (χ4v) is 1.72. The van der Waals surface area contributed by atoms with Crippen LogP contribution in [0.3, 0.4) is 0 Å². The number of allylic oxidation sites excluding steroid dienone is 1. The van der Waals surface area contributed by atoms with E-state index in [1.807, 2.05) is 49.4 Å². The molecule has 1 aromatic heterocycles. The lowest BCUT2D eigenvalue weighted by atomic mass is 10.1. The van der Waals surface area contributed by atoms with E-state index in [0.717, 1.165) is 16.7 Å².